The summed E-state index contributed by atoms with van der Waals surface area (Å²) in [4.78, 5) is 23.9. The lowest BCUT2D eigenvalue weighted by atomic mass is 10.2. The number of methoxy groups -OCH3 is 1. The zero-order valence-electron chi connectivity index (χ0n) is 10.8. The van der Waals surface area contributed by atoms with Gasteiger partial charge < -0.3 is 20.1 Å². The molecule has 0 bridgehead atoms. The van der Waals surface area contributed by atoms with Crippen LogP contribution in [0, 0.1) is 0 Å². The number of carboxylic acids is 1. The lowest BCUT2D eigenvalue weighted by Gasteiger charge is -2.25. The van der Waals surface area contributed by atoms with E-state index < -0.39 is 33.9 Å². The Kier molecular flexibility index (Phi) is 5.12. The zero-order chi connectivity index (χ0) is 14.6. The number of nitrogens with one attached hydrogen (secondary N) is 1. The summed E-state index contributed by atoms with van der Waals surface area (Å²) in [6, 6.07) is -2.19. The van der Waals surface area contributed by atoms with E-state index in [1.54, 1.807) is 0 Å². The third kappa shape index (κ3) is 4.35. The normalized spacial score (nSPS) is 22.7. The molecule has 1 saturated heterocycles. The fraction of sp³-hybridized carbons (Fsp3) is 0.800. The van der Waals surface area contributed by atoms with Gasteiger partial charge in [-0.15, -0.1) is 0 Å². The highest BCUT2D eigenvalue weighted by molar-refractivity contribution is 7.91. The van der Waals surface area contributed by atoms with Crippen LogP contribution in [0.5, 0.6) is 0 Å². The smallest absolute Gasteiger partial charge is 0.328 e. The predicted molar refractivity (Wildman–Crippen MR) is 66.7 cm³/mol. The van der Waals surface area contributed by atoms with Crippen LogP contribution >= 0.6 is 0 Å². The number of rotatable bonds is 5. The molecule has 1 fully saturated rings. The summed E-state index contributed by atoms with van der Waals surface area (Å²) < 4.78 is 27.4. The monoisotopic (exact) mass is 294 g/mol. The first-order valence-corrected chi connectivity index (χ1v) is 7.54. The van der Waals surface area contributed by atoms with Crippen molar-refractivity contribution in [3.05, 3.63) is 0 Å². The van der Waals surface area contributed by atoms with Gasteiger partial charge in [-0.2, -0.15) is 0 Å². The van der Waals surface area contributed by atoms with Gasteiger partial charge in [-0.05, 0) is 6.42 Å². The van der Waals surface area contributed by atoms with Crippen LogP contribution in [0.4, 0.5) is 4.79 Å². The largest absolute Gasteiger partial charge is 0.480 e. The quantitative estimate of drug-likeness (QED) is 0.666. The second-order valence-electron chi connectivity index (χ2n) is 4.46. The summed E-state index contributed by atoms with van der Waals surface area (Å²) >= 11 is 0. The highest BCUT2D eigenvalue weighted by atomic mass is 32.2. The number of carbonyl (C=O) groups is 2. The third-order valence-electron chi connectivity index (χ3n) is 3.01. The molecule has 0 aromatic rings. The van der Waals surface area contributed by atoms with Crippen LogP contribution in [-0.2, 0) is 19.4 Å². The van der Waals surface area contributed by atoms with E-state index in [2.05, 4.69) is 5.32 Å². The standard InChI is InChI=1S/C10H18N2O6S/c1-12(7-3-4-19(16,17)6-7)10(15)11-8(5-18-2)9(13)14/h7-8H,3-6H2,1-2H3,(H,11,15)(H,13,14). The van der Waals surface area contributed by atoms with Crippen molar-refractivity contribution in [2.75, 3.05) is 32.3 Å². The summed E-state index contributed by atoms with van der Waals surface area (Å²) in [5, 5.41) is 11.2. The lowest BCUT2D eigenvalue weighted by molar-refractivity contribution is -0.140. The highest BCUT2D eigenvalue weighted by Gasteiger charge is 2.33. The molecule has 1 aliphatic heterocycles. The molecule has 8 nitrogen and oxygen atoms in total. The summed E-state index contributed by atoms with van der Waals surface area (Å²) in [7, 11) is -0.312. The van der Waals surface area contributed by atoms with Gasteiger partial charge in [0.1, 0.15) is 0 Å². The van der Waals surface area contributed by atoms with Gasteiger partial charge >= 0.3 is 12.0 Å². The number of ether oxygens (including phenoxy) is 1. The summed E-state index contributed by atoms with van der Waals surface area (Å²) in [5.41, 5.74) is 0. The van der Waals surface area contributed by atoms with E-state index >= 15 is 0 Å². The summed E-state index contributed by atoms with van der Waals surface area (Å²) in [6.45, 7) is -0.155. The summed E-state index contributed by atoms with van der Waals surface area (Å²) in [5.74, 6) is -1.24. The van der Waals surface area contributed by atoms with Crippen molar-refractivity contribution in [1.29, 1.82) is 0 Å². The molecule has 0 radical (unpaired) electrons. The maximum absolute atomic E-state index is 11.8. The van der Waals surface area contributed by atoms with Gasteiger partial charge in [0.25, 0.3) is 0 Å². The molecule has 0 spiro atoms. The average Bonchev–Trinajstić information content (AvgIpc) is 2.67. The molecule has 2 unspecified atom stereocenters. The molecule has 19 heavy (non-hydrogen) atoms. The zero-order valence-corrected chi connectivity index (χ0v) is 11.6. The number of hydrogen-bond acceptors (Lipinski definition) is 5. The first-order chi connectivity index (χ1) is 8.76. The Labute approximate surface area is 111 Å². The Bertz CT molecular complexity index is 449. The Morgan fingerprint density at radius 2 is 2.16 bits per heavy atom. The Morgan fingerprint density at radius 1 is 1.53 bits per heavy atom. The van der Waals surface area contributed by atoms with Crippen LogP contribution in [0.2, 0.25) is 0 Å². The van der Waals surface area contributed by atoms with Crippen LogP contribution < -0.4 is 5.32 Å². The number of carboxylic acid groups (broad SMARTS) is 1. The van der Waals surface area contributed by atoms with Gasteiger partial charge in [-0.1, -0.05) is 0 Å². The van der Waals surface area contributed by atoms with Crippen LogP contribution in [0.15, 0.2) is 0 Å². The van der Waals surface area contributed by atoms with Crippen molar-refractivity contribution in [2.45, 2.75) is 18.5 Å². The minimum absolute atomic E-state index is 0.0513. The molecular weight excluding hydrogens is 276 g/mol. The SMILES string of the molecule is COCC(NC(=O)N(C)C1CCS(=O)(=O)C1)C(=O)O. The van der Waals surface area contributed by atoms with Crippen molar-refractivity contribution < 1.29 is 27.9 Å². The maximum Gasteiger partial charge on any atom is 0.328 e. The molecule has 2 atom stereocenters. The molecule has 0 aromatic carbocycles. The van der Waals surface area contributed by atoms with Gasteiger partial charge in [0.15, 0.2) is 15.9 Å². The summed E-state index contributed by atoms with van der Waals surface area (Å²) in [6.07, 6.45) is 0.369. The van der Waals surface area contributed by atoms with Gasteiger partial charge in [0.05, 0.1) is 18.1 Å². The fourth-order valence-corrected chi connectivity index (χ4v) is 3.61. The minimum Gasteiger partial charge on any atom is -0.480 e. The average molecular weight is 294 g/mol. The Balaban J connectivity index is 2.60. The predicted octanol–water partition coefficient (Wildman–Crippen LogP) is -1.09. The van der Waals surface area contributed by atoms with E-state index in [-0.39, 0.29) is 18.1 Å². The first kappa shape index (κ1) is 15.7. The fourth-order valence-electron chi connectivity index (χ4n) is 1.84. The minimum atomic E-state index is -3.09. The first-order valence-electron chi connectivity index (χ1n) is 5.72. The molecule has 2 N–H and O–H groups in total. The second-order valence-corrected chi connectivity index (χ2v) is 6.69. The number of urea groups is 1. The van der Waals surface area contributed by atoms with Crippen LogP contribution in [0.1, 0.15) is 6.42 Å². The molecular formula is C10H18N2O6S. The third-order valence-corrected chi connectivity index (χ3v) is 4.76. The van der Waals surface area contributed by atoms with Crippen molar-refractivity contribution in [3.8, 4) is 0 Å². The van der Waals surface area contributed by atoms with Gasteiger partial charge in [0, 0.05) is 20.2 Å². The van der Waals surface area contributed by atoms with E-state index in [0.717, 1.165) is 0 Å². The van der Waals surface area contributed by atoms with Crippen LogP contribution in [0.3, 0.4) is 0 Å². The van der Waals surface area contributed by atoms with Crippen LogP contribution in [0.25, 0.3) is 0 Å². The van der Waals surface area contributed by atoms with Crippen molar-refractivity contribution in [3.63, 3.8) is 0 Å². The number of aliphatic carboxylic acids is 1. The maximum atomic E-state index is 11.8. The van der Waals surface area contributed by atoms with Gasteiger partial charge in [-0.3, -0.25) is 0 Å². The van der Waals surface area contributed by atoms with Gasteiger partial charge in [0.2, 0.25) is 0 Å². The molecule has 110 valence electrons. The molecule has 1 rings (SSSR count). The Morgan fingerprint density at radius 3 is 2.58 bits per heavy atom. The molecule has 0 aromatic heterocycles. The molecule has 9 heteroatoms. The van der Waals surface area contributed by atoms with Crippen molar-refractivity contribution in [2.24, 2.45) is 0 Å². The molecule has 1 heterocycles. The number of carbonyl (C=O) groups excluding carboxylic acids is 1. The van der Waals surface area contributed by atoms with E-state index in [4.69, 9.17) is 9.84 Å². The molecule has 0 aliphatic carbocycles. The number of amides is 2. The van der Waals surface area contributed by atoms with E-state index in [0.29, 0.717) is 6.42 Å². The molecule has 0 saturated carbocycles. The molecule has 2 amide bonds. The van der Waals surface area contributed by atoms with Crippen molar-refractivity contribution in [1.82, 2.24) is 10.2 Å². The van der Waals surface area contributed by atoms with E-state index in [1.165, 1.54) is 19.1 Å². The lowest BCUT2D eigenvalue weighted by Crippen LogP contribution is -2.51. The van der Waals surface area contributed by atoms with Crippen LogP contribution in [-0.4, -0.2) is 74.8 Å². The number of nitrogens with zero attached hydrogens (tertiary/aromatic N) is 1. The van der Waals surface area contributed by atoms with E-state index in [9.17, 15) is 18.0 Å². The molecule has 1 aliphatic rings. The number of hydrogen-bond donors (Lipinski definition) is 2. The Hall–Kier alpha value is -1.35. The second kappa shape index (κ2) is 6.20. The van der Waals surface area contributed by atoms with Gasteiger partial charge in [-0.25, -0.2) is 18.0 Å². The topological polar surface area (TPSA) is 113 Å². The van der Waals surface area contributed by atoms with E-state index in [1.807, 2.05) is 0 Å². The number of sulfone groups is 1. The van der Waals surface area contributed by atoms with Crippen molar-refractivity contribution >= 4 is 21.8 Å². The highest BCUT2D eigenvalue weighted by Crippen LogP contribution is 2.16.